The minimum absolute atomic E-state index is 0.367. The minimum atomic E-state index is -1.02. The summed E-state index contributed by atoms with van der Waals surface area (Å²) in [5, 5.41) is 12.1. The van der Waals surface area contributed by atoms with Crippen LogP contribution in [0, 0.1) is 18.8 Å². The number of methoxy groups -OCH3 is 1. The number of benzene rings is 1. The van der Waals surface area contributed by atoms with Gasteiger partial charge in [-0.1, -0.05) is 18.2 Å². The fourth-order valence-electron chi connectivity index (χ4n) is 3.05. The molecule has 22 heavy (non-hydrogen) atoms. The number of carbonyl (C=O) groups excluding carboxylic acids is 1. The summed E-state index contributed by atoms with van der Waals surface area (Å²) in [7, 11) is 1.52. The Morgan fingerprint density at radius 1 is 1.23 bits per heavy atom. The average Bonchev–Trinajstić information content (AvgIpc) is 3.08. The first-order valence-corrected chi connectivity index (χ1v) is 7.03. The van der Waals surface area contributed by atoms with Gasteiger partial charge >= 0.3 is 5.97 Å². The van der Waals surface area contributed by atoms with Crippen LogP contribution >= 0.6 is 0 Å². The number of carboxylic acids is 1. The highest BCUT2D eigenvalue weighted by Gasteiger charge is 2.53. The van der Waals surface area contributed by atoms with Gasteiger partial charge in [-0.05, 0) is 24.6 Å². The molecule has 2 heterocycles. The Labute approximate surface area is 127 Å². The molecule has 0 aromatic heterocycles. The van der Waals surface area contributed by atoms with Crippen LogP contribution in [0.3, 0.4) is 0 Å². The number of carboxylic acid groups (broad SMARTS) is 1. The number of fused-ring (bicyclic) bond motifs is 2. The van der Waals surface area contributed by atoms with Gasteiger partial charge in [0, 0.05) is 0 Å². The van der Waals surface area contributed by atoms with Crippen molar-refractivity contribution in [1.29, 1.82) is 0 Å². The number of anilines is 1. The van der Waals surface area contributed by atoms with Gasteiger partial charge in [-0.3, -0.25) is 9.59 Å². The molecule has 6 heteroatoms. The van der Waals surface area contributed by atoms with E-state index in [-0.39, 0.29) is 5.91 Å². The highest BCUT2D eigenvalue weighted by atomic mass is 16.5. The van der Waals surface area contributed by atoms with Crippen LogP contribution in [0.5, 0.6) is 5.75 Å². The molecule has 2 bridgehead atoms. The van der Waals surface area contributed by atoms with Gasteiger partial charge in [0.15, 0.2) is 0 Å². The van der Waals surface area contributed by atoms with E-state index in [1.54, 1.807) is 24.3 Å². The predicted molar refractivity (Wildman–Crippen MR) is 78.8 cm³/mol. The van der Waals surface area contributed by atoms with Crippen molar-refractivity contribution in [3.05, 3.63) is 35.9 Å². The largest absolute Gasteiger partial charge is 0.495 e. The molecule has 0 aliphatic carbocycles. The number of rotatable bonds is 4. The number of carbonyl (C=O) groups is 2. The fourth-order valence-corrected chi connectivity index (χ4v) is 3.05. The Morgan fingerprint density at radius 2 is 1.91 bits per heavy atom. The van der Waals surface area contributed by atoms with E-state index in [0.717, 1.165) is 5.56 Å². The lowest BCUT2D eigenvalue weighted by Gasteiger charge is -2.21. The van der Waals surface area contributed by atoms with Crippen LogP contribution in [-0.2, 0) is 14.3 Å². The number of nitrogens with one attached hydrogen (secondary N) is 1. The molecule has 0 unspecified atom stereocenters. The van der Waals surface area contributed by atoms with Crippen molar-refractivity contribution in [2.75, 3.05) is 12.4 Å². The van der Waals surface area contributed by atoms with Gasteiger partial charge in [-0.25, -0.2) is 0 Å². The van der Waals surface area contributed by atoms with Crippen LogP contribution < -0.4 is 10.1 Å². The Morgan fingerprint density at radius 3 is 2.55 bits per heavy atom. The SMILES string of the molecule is COc1ccc(C)cc1NC(=O)[C@@H]1[C@H](C(=O)O)[C@H]2C=C[C@H]1O2. The van der Waals surface area contributed by atoms with Crippen molar-refractivity contribution in [2.45, 2.75) is 19.1 Å². The van der Waals surface area contributed by atoms with Gasteiger partial charge in [-0.15, -0.1) is 0 Å². The lowest BCUT2D eigenvalue weighted by molar-refractivity contribution is -0.145. The maximum atomic E-state index is 12.6. The Kier molecular flexibility index (Phi) is 3.62. The van der Waals surface area contributed by atoms with Crippen molar-refractivity contribution in [1.82, 2.24) is 0 Å². The molecule has 2 N–H and O–H groups in total. The number of ether oxygens (including phenoxy) is 2. The number of aryl methyl sites for hydroxylation is 1. The zero-order valence-electron chi connectivity index (χ0n) is 12.3. The predicted octanol–water partition coefficient (Wildman–Crippen LogP) is 1.60. The summed E-state index contributed by atoms with van der Waals surface area (Å²) in [4.78, 5) is 24.0. The molecular formula is C16H17NO5. The standard InChI is InChI=1S/C16H17NO5/c1-8-3-4-10(21-2)9(7-8)17-15(18)13-11-5-6-12(22-11)14(13)16(19)20/h3-7,11-14H,1-2H3,(H,17,18)(H,19,20)/t11-,12-,13+,14-/m1/s1. The Hall–Kier alpha value is -2.34. The van der Waals surface area contributed by atoms with Gasteiger partial charge < -0.3 is 19.9 Å². The van der Waals surface area contributed by atoms with Crippen LogP contribution in [0.4, 0.5) is 5.69 Å². The lowest BCUT2D eigenvalue weighted by atomic mass is 9.82. The van der Waals surface area contributed by atoms with E-state index in [9.17, 15) is 14.7 Å². The van der Waals surface area contributed by atoms with E-state index in [2.05, 4.69) is 5.32 Å². The molecule has 2 aliphatic rings. The molecule has 1 saturated heterocycles. The topological polar surface area (TPSA) is 84.9 Å². The van der Waals surface area contributed by atoms with Gasteiger partial charge in [0.2, 0.25) is 5.91 Å². The number of aliphatic carboxylic acids is 1. The van der Waals surface area contributed by atoms with Crippen LogP contribution in [0.2, 0.25) is 0 Å². The van der Waals surface area contributed by atoms with Crippen molar-refractivity contribution >= 4 is 17.6 Å². The summed E-state index contributed by atoms with van der Waals surface area (Å²) in [5.74, 6) is -2.45. The zero-order chi connectivity index (χ0) is 15.9. The monoisotopic (exact) mass is 303 g/mol. The second kappa shape index (κ2) is 5.46. The number of hydrogen-bond donors (Lipinski definition) is 2. The van der Waals surface area contributed by atoms with E-state index < -0.39 is 30.0 Å². The first kappa shape index (κ1) is 14.6. The highest BCUT2D eigenvalue weighted by molar-refractivity contribution is 5.97. The highest BCUT2D eigenvalue weighted by Crippen LogP contribution is 2.40. The number of hydrogen-bond acceptors (Lipinski definition) is 4. The van der Waals surface area contributed by atoms with Crippen LogP contribution in [0.15, 0.2) is 30.4 Å². The molecule has 0 spiro atoms. The summed E-state index contributed by atoms with van der Waals surface area (Å²) >= 11 is 0. The lowest BCUT2D eigenvalue weighted by Crippen LogP contribution is -2.39. The van der Waals surface area contributed by atoms with Crippen LogP contribution in [-0.4, -0.2) is 36.3 Å². The summed E-state index contributed by atoms with van der Waals surface area (Å²) in [5.41, 5.74) is 1.50. The third kappa shape index (κ3) is 2.35. The smallest absolute Gasteiger partial charge is 0.310 e. The third-order valence-electron chi connectivity index (χ3n) is 4.10. The maximum Gasteiger partial charge on any atom is 0.310 e. The molecule has 1 aromatic rings. The summed E-state index contributed by atoms with van der Waals surface area (Å²) in [6.45, 7) is 1.90. The van der Waals surface area contributed by atoms with Crippen LogP contribution in [0.1, 0.15) is 5.56 Å². The molecule has 3 rings (SSSR count). The molecule has 1 amide bonds. The second-order valence-corrected chi connectivity index (χ2v) is 5.53. The molecule has 1 aromatic carbocycles. The summed E-state index contributed by atoms with van der Waals surface area (Å²) in [6, 6.07) is 5.42. The van der Waals surface area contributed by atoms with Crippen molar-refractivity contribution in [2.24, 2.45) is 11.8 Å². The van der Waals surface area contributed by atoms with Crippen molar-refractivity contribution in [3.8, 4) is 5.75 Å². The van der Waals surface area contributed by atoms with E-state index in [0.29, 0.717) is 11.4 Å². The molecule has 6 nitrogen and oxygen atoms in total. The van der Waals surface area contributed by atoms with E-state index in [4.69, 9.17) is 9.47 Å². The first-order chi connectivity index (χ1) is 10.5. The first-order valence-electron chi connectivity index (χ1n) is 7.03. The molecule has 2 aliphatic heterocycles. The zero-order valence-corrected chi connectivity index (χ0v) is 12.3. The maximum absolute atomic E-state index is 12.6. The summed E-state index contributed by atoms with van der Waals surface area (Å²) in [6.07, 6.45) is 2.45. The van der Waals surface area contributed by atoms with Gasteiger partial charge in [0.05, 0.1) is 30.9 Å². The van der Waals surface area contributed by atoms with Crippen LogP contribution in [0.25, 0.3) is 0 Å². The third-order valence-corrected chi connectivity index (χ3v) is 4.10. The molecule has 4 atom stereocenters. The van der Waals surface area contributed by atoms with Gasteiger partial charge in [0.25, 0.3) is 0 Å². The van der Waals surface area contributed by atoms with Gasteiger partial charge in [-0.2, -0.15) is 0 Å². The Balaban J connectivity index is 1.84. The second-order valence-electron chi connectivity index (χ2n) is 5.53. The minimum Gasteiger partial charge on any atom is -0.495 e. The quantitative estimate of drug-likeness (QED) is 0.825. The van der Waals surface area contributed by atoms with Gasteiger partial charge in [0.1, 0.15) is 11.7 Å². The Bertz CT molecular complexity index is 654. The van der Waals surface area contributed by atoms with E-state index >= 15 is 0 Å². The van der Waals surface area contributed by atoms with Crippen molar-refractivity contribution in [3.63, 3.8) is 0 Å². The number of amides is 1. The fraction of sp³-hybridized carbons (Fsp3) is 0.375. The van der Waals surface area contributed by atoms with Crippen molar-refractivity contribution < 1.29 is 24.2 Å². The molecule has 1 fully saturated rings. The average molecular weight is 303 g/mol. The summed E-state index contributed by atoms with van der Waals surface area (Å²) < 4.78 is 10.7. The molecule has 0 radical (unpaired) electrons. The molecule has 0 saturated carbocycles. The van der Waals surface area contributed by atoms with E-state index in [1.165, 1.54) is 7.11 Å². The van der Waals surface area contributed by atoms with E-state index in [1.807, 2.05) is 13.0 Å². The molecule has 116 valence electrons. The molecular weight excluding hydrogens is 286 g/mol. The normalized spacial score (nSPS) is 28.6.